The molecular weight excluding hydrogens is 336 g/mol. The van der Waals surface area contributed by atoms with E-state index in [0.29, 0.717) is 0 Å². The molecule has 1 aliphatic heterocycles. The largest absolute Gasteiger partial charge is 0.316 e. The lowest BCUT2D eigenvalue weighted by atomic mass is 10.1. The maximum Gasteiger partial charge on any atom is 0.248 e. The molecular formula is C15H13BrN2OS. The van der Waals surface area contributed by atoms with Crippen LogP contribution in [0.3, 0.4) is 0 Å². The molecule has 1 atom stereocenters. The number of anilines is 1. The zero-order valence-electron chi connectivity index (χ0n) is 10.8. The number of rotatable bonds is 2. The predicted octanol–water partition coefficient (Wildman–Crippen LogP) is 3.58. The summed E-state index contributed by atoms with van der Waals surface area (Å²) in [6.07, 6.45) is 0. The van der Waals surface area contributed by atoms with Crippen LogP contribution in [0.1, 0.15) is 11.6 Å². The molecule has 0 saturated heterocycles. The van der Waals surface area contributed by atoms with Gasteiger partial charge in [0.25, 0.3) is 0 Å². The molecule has 1 amide bonds. The predicted molar refractivity (Wildman–Crippen MR) is 85.0 cm³/mol. The summed E-state index contributed by atoms with van der Waals surface area (Å²) in [6.45, 7) is 0. The van der Waals surface area contributed by atoms with E-state index in [-0.39, 0.29) is 5.91 Å². The number of nitrogens with two attached hydrogens (primary N) is 1. The first kappa shape index (κ1) is 13.7. The summed E-state index contributed by atoms with van der Waals surface area (Å²) in [7, 11) is 1.77. The Kier molecular flexibility index (Phi) is 3.58. The highest BCUT2D eigenvalue weighted by molar-refractivity contribution is 9.10. The normalized spacial score (nSPS) is 17.4. The highest BCUT2D eigenvalue weighted by atomic mass is 79.9. The molecule has 1 aliphatic rings. The molecule has 2 N–H and O–H groups in total. The third-order valence-corrected chi connectivity index (χ3v) is 4.80. The number of hydrogen-bond donors (Lipinski definition) is 1. The van der Waals surface area contributed by atoms with E-state index < -0.39 is 6.04 Å². The monoisotopic (exact) mass is 348 g/mol. The van der Waals surface area contributed by atoms with Crippen LogP contribution in [0.5, 0.6) is 0 Å². The average molecular weight is 349 g/mol. The van der Waals surface area contributed by atoms with E-state index in [1.54, 1.807) is 23.7 Å². The van der Waals surface area contributed by atoms with E-state index in [9.17, 15) is 4.79 Å². The summed E-state index contributed by atoms with van der Waals surface area (Å²) in [6, 6.07) is 13.6. The standard InChI is InChI=1S/C15H13BrN2OS/c1-18-13-8-11(5-6-12(13)14(17)15(18)19)20-10-4-2-3-9(16)7-10/h2-8,14H,17H2,1H3. The molecule has 5 heteroatoms. The number of nitrogens with zero attached hydrogens (tertiary/aromatic N) is 1. The number of benzene rings is 2. The number of amides is 1. The Balaban J connectivity index is 1.92. The molecule has 2 aromatic rings. The second kappa shape index (κ2) is 5.24. The molecule has 2 aromatic carbocycles. The third-order valence-electron chi connectivity index (χ3n) is 3.33. The zero-order valence-corrected chi connectivity index (χ0v) is 13.2. The molecule has 0 saturated carbocycles. The molecule has 0 spiro atoms. The summed E-state index contributed by atoms with van der Waals surface area (Å²) < 4.78 is 1.05. The SMILES string of the molecule is CN1C(=O)C(N)c2ccc(Sc3cccc(Br)c3)cc21. The third kappa shape index (κ3) is 2.37. The van der Waals surface area contributed by atoms with Gasteiger partial charge in [0.1, 0.15) is 6.04 Å². The highest BCUT2D eigenvalue weighted by Crippen LogP contribution is 2.38. The molecule has 0 aliphatic carbocycles. The van der Waals surface area contributed by atoms with Crippen LogP contribution in [0.25, 0.3) is 0 Å². The molecule has 1 heterocycles. The average Bonchev–Trinajstić information content (AvgIpc) is 2.64. The van der Waals surface area contributed by atoms with Crippen LogP contribution in [0.4, 0.5) is 5.69 Å². The molecule has 0 bridgehead atoms. The first-order valence-corrected chi connectivity index (χ1v) is 7.78. The van der Waals surface area contributed by atoms with Crippen LogP contribution in [0.15, 0.2) is 56.7 Å². The quantitative estimate of drug-likeness (QED) is 0.902. The molecule has 0 radical (unpaired) electrons. The van der Waals surface area contributed by atoms with Crippen LogP contribution >= 0.6 is 27.7 Å². The van der Waals surface area contributed by atoms with Crippen molar-refractivity contribution in [2.45, 2.75) is 15.8 Å². The van der Waals surface area contributed by atoms with Gasteiger partial charge in [-0.25, -0.2) is 0 Å². The first-order chi connectivity index (χ1) is 9.56. The van der Waals surface area contributed by atoms with Crippen molar-refractivity contribution >= 4 is 39.3 Å². The summed E-state index contributed by atoms with van der Waals surface area (Å²) in [4.78, 5) is 15.7. The van der Waals surface area contributed by atoms with Crippen LogP contribution in [-0.2, 0) is 4.79 Å². The summed E-state index contributed by atoms with van der Waals surface area (Å²) in [5, 5.41) is 0. The maximum absolute atomic E-state index is 11.9. The van der Waals surface area contributed by atoms with E-state index in [4.69, 9.17) is 5.73 Å². The van der Waals surface area contributed by atoms with E-state index >= 15 is 0 Å². The number of halogens is 1. The lowest BCUT2D eigenvalue weighted by Crippen LogP contribution is -2.27. The Bertz CT molecular complexity index is 689. The molecule has 3 rings (SSSR count). The second-order valence-corrected chi connectivity index (χ2v) is 6.72. The smallest absolute Gasteiger partial charge is 0.248 e. The number of carbonyl (C=O) groups is 1. The van der Waals surface area contributed by atoms with Crippen molar-refractivity contribution in [3.8, 4) is 0 Å². The Morgan fingerprint density at radius 1 is 1.20 bits per heavy atom. The van der Waals surface area contributed by atoms with Crippen LogP contribution < -0.4 is 10.6 Å². The van der Waals surface area contributed by atoms with E-state index in [0.717, 1.165) is 25.5 Å². The van der Waals surface area contributed by atoms with Crippen molar-refractivity contribution in [2.75, 3.05) is 11.9 Å². The maximum atomic E-state index is 11.9. The van der Waals surface area contributed by atoms with Crippen molar-refractivity contribution in [1.29, 1.82) is 0 Å². The number of carbonyl (C=O) groups excluding carboxylic acids is 1. The topological polar surface area (TPSA) is 46.3 Å². The summed E-state index contributed by atoms with van der Waals surface area (Å²) >= 11 is 5.13. The lowest BCUT2D eigenvalue weighted by molar-refractivity contribution is -0.118. The van der Waals surface area contributed by atoms with Crippen molar-refractivity contribution in [3.63, 3.8) is 0 Å². The fraction of sp³-hybridized carbons (Fsp3) is 0.133. The number of hydrogen-bond acceptors (Lipinski definition) is 3. The van der Waals surface area contributed by atoms with Gasteiger partial charge in [0.2, 0.25) is 5.91 Å². The fourth-order valence-corrected chi connectivity index (χ4v) is 3.73. The minimum Gasteiger partial charge on any atom is -0.316 e. The minimum atomic E-state index is -0.528. The van der Waals surface area contributed by atoms with Gasteiger partial charge in [0, 0.05) is 32.6 Å². The van der Waals surface area contributed by atoms with E-state index in [1.807, 2.05) is 30.3 Å². The van der Waals surface area contributed by atoms with Crippen molar-refractivity contribution in [1.82, 2.24) is 0 Å². The van der Waals surface area contributed by atoms with Gasteiger partial charge in [-0.05, 0) is 30.3 Å². The Morgan fingerprint density at radius 3 is 2.70 bits per heavy atom. The zero-order chi connectivity index (χ0) is 14.3. The minimum absolute atomic E-state index is 0.0513. The van der Waals surface area contributed by atoms with Gasteiger partial charge in [-0.3, -0.25) is 4.79 Å². The lowest BCUT2D eigenvalue weighted by Gasteiger charge is -2.11. The van der Waals surface area contributed by atoms with Gasteiger partial charge in [0.15, 0.2) is 0 Å². The van der Waals surface area contributed by atoms with E-state index in [1.165, 1.54) is 0 Å². The van der Waals surface area contributed by atoms with Crippen molar-refractivity contribution < 1.29 is 4.79 Å². The van der Waals surface area contributed by atoms with E-state index in [2.05, 4.69) is 28.1 Å². The van der Waals surface area contributed by atoms with Gasteiger partial charge in [0.05, 0.1) is 0 Å². The van der Waals surface area contributed by atoms with Crippen LogP contribution in [-0.4, -0.2) is 13.0 Å². The summed E-state index contributed by atoms with van der Waals surface area (Å²) in [5.74, 6) is -0.0513. The fourth-order valence-electron chi connectivity index (χ4n) is 2.27. The van der Waals surface area contributed by atoms with Gasteiger partial charge in [-0.15, -0.1) is 0 Å². The second-order valence-electron chi connectivity index (χ2n) is 4.65. The van der Waals surface area contributed by atoms with Crippen LogP contribution in [0, 0.1) is 0 Å². The van der Waals surface area contributed by atoms with Gasteiger partial charge < -0.3 is 10.6 Å². The summed E-state index contributed by atoms with van der Waals surface area (Å²) in [5.41, 5.74) is 7.70. The first-order valence-electron chi connectivity index (χ1n) is 6.17. The molecule has 0 aromatic heterocycles. The molecule has 1 unspecified atom stereocenters. The van der Waals surface area contributed by atoms with Crippen molar-refractivity contribution in [3.05, 3.63) is 52.5 Å². The Morgan fingerprint density at radius 2 is 1.95 bits per heavy atom. The molecule has 3 nitrogen and oxygen atoms in total. The van der Waals surface area contributed by atoms with Gasteiger partial charge in [-0.2, -0.15) is 0 Å². The number of fused-ring (bicyclic) bond motifs is 1. The Hall–Kier alpha value is -1.30. The van der Waals surface area contributed by atoms with Crippen LogP contribution in [0.2, 0.25) is 0 Å². The van der Waals surface area contributed by atoms with Gasteiger partial charge >= 0.3 is 0 Å². The van der Waals surface area contributed by atoms with Gasteiger partial charge in [-0.1, -0.05) is 39.8 Å². The molecule has 0 fully saturated rings. The Labute approximate surface area is 130 Å². The van der Waals surface area contributed by atoms with Crippen molar-refractivity contribution in [2.24, 2.45) is 5.73 Å². The number of likely N-dealkylation sites (N-methyl/N-ethyl adjacent to an activating group) is 1. The molecule has 102 valence electrons. The molecule has 20 heavy (non-hydrogen) atoms. The highest BCUT2D eigenvalue weighted by Gasteiger charge is 2.32.